The van der Waals surface area contributed by atoms with E-state index in [9.17, 15) is 23.1 Å². The molecule has 0 saturated carbocycles. The second-order valence-corrected chi connectivity index (χ2v) is 11.1. The largest absolute Gasteiger partial charge is 0.465 e. The molecule has 194 valence electrons. The molecule has 0 radical (unpaired) electrons. The van der Waals surface area contributed by atoms with E-state index < -0.39 is 15.9 Å². The van der Waals surface area contributed by atoms with Gasteiger partial charge in [-0.2, -0.15) is 0 Å². The van der Waals surface area contributed by atoms with Gasteiger partial charge in [0.15, 0.2) is 9.84 Å². The number of sulfone groups is 1. The van der Waals surface area contributed by atoms with E-state index in [2.05, 4.69) is 15.6 Å². The number of hydrogen-bond donors (Lipinski definition) is 3. The summed E-state index contributed by atoms with van der Waals surface area (Å²) in [4.78, 5) is 28.9. The number of unbranched alkanes of at least 4 members (excludes halogenated alkanes) is 1. The van der Waals surface area contributed by atoms with Gasteiger partial charge in [0.1, 0.15) is 17.5 Å². The number of hydrogen-bond acceptors (Lipinski definition) is 7. The van der Waals surface area contributed by atoms with E-state index >= 15 is 0 Å². The number of carbonyl (C=O) groups excluding carboxylic acids is 1. The third-order valence-electron chi connectivity index (χ3n) is 5.52. The van der Waals surface area contributed by atoms with Crippen LogP contribution in [0.25, 0.3) is 0 Å². The van der Waals surface area contributed by atoms with Crippen LogP contribution < -0.4 is 10.6 Å². The zero-order valence-electron chi connectivity index (χ0n) is 19.5. The van der Waals surface area contributed by atoms with Gasteiger partial charge < -0.3 is 15.7 Å². The molecule has 0 aliphatic carbocycles. The Bertz CT molecular complexity index is 1220. The third kappa shape index (κ3) is 8.01. The maximum Gasteiger partial charge on any atom is 0.413 e. The van der Waals surface area contributed by atoms with Gasteiger partial charge in [-0.1, -0.05) is 47.5 Å². The van der Waals surface area contributed by atoms with E-state index in [0.717, 1.165) is 11.1 Å². The van der Waals surface area contributed by atoms with Crippen LogP contribution in [0.5, 0.6) is 0 Å². The smallest absolute Gasteiger partial charge is 0.413 e. The maximum atomic E-state index is 12.4. The van der Waals surface area contributed by atoms with Crippen LogP contribution in [0.15, 0.2) is 52.4 Å². The number of Topliss-reactive ketones (excluding diaryl/α,β-unsaturated/α-hetero) is 1. The van der Waals surface area contributed by atoms with Crippen molar-refractivity contribution in [2.45, 2.75) is 30.7 Å². The molecule has 2 aromatic carbocycles. The minimum absolute atomic E-state index is 0.0338. The highest BCUT2D eigenvalue weighted by molar-refractivity contribution is 7.91. The highest BCUT2D eigenvalue weighted by Crippen LogP contribution is 2.25. The Kier molecular flexibility index (Phi) is 10.3. The first-order valence-electron chi connectivity index (χ1n) is 11.4. The van der Waals surface area contributed by atoms with Crippen LogP contribution in [0.4, 0.5) is 4.79 Å². The predicted molar refractivity (Wildman–Crippen MR) is 140 cm³/mol. The van der Waals surface area contributed by atoms with Gasteiger partial charge in [0.05, 0.1) is 29.6 Å². The van der Waals surface area contributed by atoms with Gasteiger partial charge in [0.2, 0.25) is 0 Å². The molecule has 0 fully saturated rings. The van der Waals surface area contributed by atoms with E-state index in [1.54, 1.807) is 0 Å². The molecule has 1 aliphatic rings. The molecular formula is C24H28Cl2N4O5S. The fraction of sp³-hybridized carbons (Fsp3) is 0.375. The van der Waals surface area contributed by atoms with Gasteiger partial charge in [-0.15, -0.1) is 0 Å². The Balaban J connectivity index is 1.30. The maximum absolute atomic E-state index is 12.4. The molecule has 2 aromatic rings. The molecular weight excluding hydrogens is 527 g/mol. The molecule has 1 aliphatic heterocycles. The van der Waals surface area contributed by atoms with Crippen molar-refractivity contribution >= 4 is 50.8 Å². The molecule has 3 N–H and O–H groups in total. The van der Waals surface area contributed by atoms with Crippen LogP contribution in [0.1, 0.15) is 30.4 Å². The number of nitrogens with one attached hydrogen (secondary N) is 2. The second-order valence-electron chi connectivity index (χ2n) is 8.27. The number of nitrogens with zero attached hydrogens (tertiary/aromatic N) is 2. The van der Waals surface area contributed by atoms with Crippen LogP contribution in [0, 0.1) is 0 Å². The summed E-state index contributed by atoms with van der Waals surface area (Å²) < 4.78 is 24.8. The first kappa shape index (κ1) is 28.1. The highest BCUT2D eigenvalue weighted by atomic mass is 35.5. The van der Waals surface area contributed by atoms with Crippen molar-refractivity contribution in [1.29, 1.82) is 0 Å². The lowest BCUT2D eigenvalue weighted by Gasteiger charge is -2.14. The van der Waals surface area contributed by atoms with Crippen molar-refractivity contribution < 1.29 is 23.1 Å². The van der Waals surface area contributed by atoms with Crippen molar-refractivity contribution in [3.05, 3.63) is 63.6 Å². The molecule has 0 bridgehead atoms. The summed E-state index contributed by atoms with van der Waals surface area (Å²) in [5.41, 5.74) is 1.71. The summed E-state index contributed by atoms with van der Waals surface area (Å²) in [7, 11) is -3.58. The van der Waals surface area contributed by atoms with E-state index in [4.69, 9.17) is 23.2 Å². The molecule has 0 unspecified atom stereocenters. The Labute approximate surface area is 220 Å². The quantitative estimate of drug-likeness (QED) is 0.323. The number of ketones is 1. The summed E-state index contributed by atoms with van der Waals surface area (Å²) >= 11 is 11.8. The van der Waals surface area contributed by atoms with Crippen LogP contribution in [0.3, 0.4) is 0 Å². The topological polar surface area (TPSA) is 128 Å². The van der Waals surface area contributed by atoms with Gasteiger partial charge in [-0.25, -0.2) is 13.2 Å². The summed E-state index contributed by atoms with van der Waals surface area (Å²) in [5, 5.41) is 15.7. The molecule has 0 aromatic heterocycles. The number of amides is 1. The Hall–Kier alpha value is -2.50. The van der Waals surface area contributed by atoms with E-state index in [-0.39, 0.29) is 28.1 Å². The van der Waals surface area contributed by atoms with Crippen molar-refractivity contribution in [3.8, 4) is 0 Å². The van der Waals surface area contributed by atoms with Crippen molar-refractivity contribution in [2.75, 3.05) is 32.1 Å². The SMILES string of the molecule is O=C(CCCCNCS(=O)(=O)c1ccc(Cl)cc1Cl)CNCc1ccc(C2=NCCN2C(=O)O)cc1. The standard InChI is InChI=1S/C24H28Cl2N4O5S/c25-19-8-9-22(21(26)13-19)36(34,35)16-27-10-2-1-3-20(31)15-28-14-17-4-6-18(7-5-17)23-29-11-12-30(23)24(32)33/h4-9,13,27-28H,1-3,10-12,14-16H2,(H,32,33). The first-order chi connectivity index (χ1) is 17.2. The molecule has 12 heteroatoms. The van der Waals surface area contributed by atoms with Crippen molar-refractivity contribution in [1.82, 2.24) is 15.5 Å². The predicted octanol–water partition coefficient (Wildman–Crippen LogP) is 3.58. The summed E-state index contributed by atoms with van der Waals surface area (Å²) in [5.74, 6) is 0.285. The van der Waals surface area contributed by atoms with Gasteiger partial charge in [0, 0.05) is 23.6 Å². The molecule has 1 heterocycles. The van der Waals surface area contributed by atoms with E-state index in [1.165, 1.54) is 23.1 Å². The number of amidine groups is 1. The molecule has 3 rings (SSSR count). The van der Waals surface area contributed by atoms with Gasteiger partial charge in [-0.3, -0.25) is 14.7 Å². The summed E-state index contributed by atoms with van der Waals surface area (Å²) in [6, 6.07) is 11.7. The van der Waals surface area contributed by atoms with Crippen molar-refractivity contribution in [3.63, 3.8) is 0 Å². The zero-order chi connectivity index (χ0) is 26.1. The second kappa shape index (κ2) is 13.2. The third-order valence-corrected chi connectivity index (χ3v) is 7.79. The number of aliphatic imine (C=N–C) groups is 1. The van der Waals surface area contributed by atoms with Crippen LogP contribution >= 0.6 is 23.2 Å². The van der Waals surface area contributed by atoms with E-state index in [1.807, 2.05) is 24.3 Å². The summed E-state index contributed by atoms with van der Waals surface area (Å²) in [6.45, 7) is 2.03. The van der Waals surface area contributed by atoms with Crippen molar-refractivity contribution in [2.24, 2.45) is 4.99 Å². The van der Waals surface area contributed by atoms with E-state index in [0.29, 0.717) is 56.3 Å². The Morgan fingerprint density at radius 1 is 1.06 bits per heavy atom. The van der Waals surface area contributed by atoms with Crippen LogP contribution in [-0.2, 0) is 21.2 Å². The van der Waals surface area contributed by atoms with Crippen LogP contribution in [-0.4, -0.2) is 68.2 Å². The highest BCUT2D eigenvalue weighted by Gasteiger charge is 2.24. The monoisotopic (exact) mass is 554 g/mol. The molecule has 0 saturated heterocycles. The minimum Gasteiger partial charge on any atom is -0.465 e. The minimum atomic E-state index is -3.58. The summed E-state index contributed by atoms with van der Waals surface area (Å²) in [6.07, 6.45) is 0.688. The van der Waals surface area contributed by atoms with Crippen LogP contribution in [0.2, 0.25) is 10.0 Å². The lowest BCUT2D eigenvalue weighted by molar-refractivity contribution is -0.118. The first-order valence-corrected chi connectivity index (χ1v) is 13.8. The molecule has 36 heavy (non-hydrogen) atoms. The number of benzene rings is 2. The number of carbonyl (C=O) groups is 2. The Morgan fingerprint density at radius 2 is 1.81 bits per heavy atom. The average Bonchev–Trinajstić information content (AvgIpc) is 3.32. The molecule has 1 amide bonds. The lowest BCUT2D eigenvalue weighted by Crippen LogP contribution is -2.33. The Morgan fingerprint density at radius 3 is 2.50 bits per heavy atom. The zero-order valence-corrected chi connectivity index (χ0v) is 21.9. The van der Waals surface area contributed by atoms with Gasteiger partial charge in [-0.05, 0) is 43.1 Å². The molecule has 0 spiro atoms. The molecule has 9 nitrogen and oxygen atoms in total. The normalized spacial score (nSPS) is 13.6. The molecule has 0 atom stereocenters. The fourth-order valence-electron chi connectivity index (χ4n) is 3.67. The average molecular weight is 555 g/mol. The number of carboxylic acid groups (broad SMARTS) is 1. The van der Waals surface area contributed by atoms with Gasteiger partial charge >= 0.3 is 6.09 Å². The number of rotatable bonds is 13. The fourth-order valence-corrected chi connectivity index (χ4v) is 5.63. The number of halogens is 2. The van der Waals surface area contributed by atoms with Gasteiger partial charge in [0.25, 0.3) is 0 Å². The lowest BCUT2D eigenvalue weighted by atomic mass is 10.1.